The van der Waals surface area contributed by atoms with E-state index in [1.807, 2.05) is 18.2 Å². The maximum Gasteiger partial charge on any atom is 0.305 e. The molecule has 3 aliphatic carbocycles. The maximum absolute atomic E-state index is 13.6. The van der Waals surface area contributed by atoms with Crippen molar-refractivity contribution in [3.8, 4) is 5.75 Å². The molecule has 1 aliphatic heterocycles. The third-order valence-corrected chi connectivity index (χ3v) is 8.45. The van der Waals surface area contributed by atoms with E-state index < -0.39 is 35.5 Å². The number of amides is 2. The minimum absolute atomic E-state index is 0.0939. The van der Waals surface area contributed by atoms with Crippen molar-refractivity contribution in [1.82, 2.24) is 4.90 Å². The molecule has 38 heavy (non-hydrogen) atoms. The SMILES string of the molecule is CC1=CC(=O)C2=C(C1=O)[C@@H](c1ccc(O)c3ccccc13)C1=CC[C@@H]3C(=O)N(CCC(=O)O)C(=O)[C@@H]3[C@@H]1C2. The van der Waals surface area contributed by atoms with E-state index in [9.17, 15) is 29.1 Å². The lowest BCUT2D eigenvalue weighted by Gasteiger charge is -2.42. The highest BCUT2D eigenvalue weighted by Crippen LogP contribution is 2.56. The third kappa shape index (κ3) is 3.40. The lowest BCUT2D eigenvalue weighted by Crippen LogP contribution is -2.40. The number of carbonyl (C=O) groups excluding carboxylic acids is 4. The molecule has 2 aromatic carbocycles. The van der Waals surface area contributed by atoms with Crippen LogP contribution >= 0.6 is 0 Å². The van der Waals surface area contributed by atoms with Crippen LogP contribution < -0.4 is 0 Å². The van der Waals surface area contributed by atoms with Gasteiger partial charge in [0.15, 0.2) is 11.6 Å². The zero-order valence-corrected chi connectivity index (χ0v) is 20.6. The van der Waals surface area contributed by atoms with Crippen LogP contribution in [-0.4, -0.2) is 51.0 Å². The minimum Gasteiger partial charge on any atom is -0.507 e. The summed E-state index contributed by atoms with van der Waals surface area (Å²) in [4.78, 5) is 65.7. The van der Waals surface area contributed by atoms with Crippen molar-refractivity contribution >= 4 is 40.1 Å². The summed E-state index contributed by atoms with van der Waals surface area (Å²) >= 11 is 0. The topological polar surface area (TPSA) is 129 Å². The second-order valence-corrected chi connectivity index (χ2v) is 10.4. The fourth-order valence-corrected chi connectivity index (χ4v) is 6.77. The molecule has 0 bridgehead atoms. The first kappa shape index (κ1) is 24.0. The number of ketones is 2. The minimum atomic E-state index is -1.10. The van der Waals surface area contributed by atoms with E-state index in [0.29, 0.717) is 22.1 Å². The predicted octanol–water partition coefficient (Wildman–Crippen LogP) is 3.45. The average molecular weight is 512 g/mol. The van der Waals surface area contributed by atoms with Gasteiger partial charge in [0.05, 0.1) is 18.3 Å². The number of benzene rings is 2. The highest BCUT2D eigenvalue weighted by Gasteiger charge is 2.56. The summed E-state index contributed by atoms with van der Waals surface area (Å²) in [7, 11) is 0. The van der Waals surface area contributed by atoms with Crippen LogP contribution in [0.1, 0.15) is 37.7 Å². The number of phenolic OH excluding ortho intramolecular Hbond substituents is 1. The fourth-order valence-electron chi connectivity index (χ4n) is 6.77. The summed E-state index contributed by atoms with van der Waals surface area (Å²) in [5, 5.41) is 21.0. The number of hydrogen-bond donors (Lipinski definition) is 2. The lowest BCUT2D eigenvalue weighted by atomic mass is 9.59. The summed E-state index contributed by atoms with van der Waals surface area (Å²) < 4.78 is 0. The summed E-state index contributed by atoms with van der Waals surface area (Å²) in [6.07, 6.45) is 3.38. The van der Waals surface area contributed by atoms with Crippen LogP contribution in [0.15, 0.2) is 70.8 Å². The zero-order valence-electron chi connectivity index (χ0n) is 20.6. The van der Waals surface area contributed by atoms with Gasteiger partial charge < -0.3 is 10.2 Å². The monoisotopic (exact) mass is 511 g/mol. The van der Waals surface area contributed by atoms with Crippen molar-refractivity contribution in [1.29, 1.82) is 0 Å². The van der Waals surface area contributed by atoms with Crippen LogP contribution in [-0.2, 0) is 24.0 Å². The Hall–Kier alpha value is -4.33. The molecule has 1 heterocycles. The number of Topliss-reactive ketones (excluding diaryl/α,β-unsaturated/α-hetero) is 1. The van der Waals surface area contributed by atoms with E-state index in [4.69, 9.17) is 5.11 Å². The van der Waals surface area contributed by atoms with Gasteiger partial charge in [0.2, 0.25) is 11.8 Å². The van der Waals surface area contributed by atoms with Gasteiger partial charge in [-0.3, -0.25) is 28.9 Å². The number of fused-ring (bicyclic) bond motifs is 4. The first-order valence-electron chi connectivity index (χ1n) is 12.7. The molecule has 0 radical (unpaired) electrons. The Morgan fingerprint density at radius 1 is 1.00 bits per heavy atom. The Balaban J connectivity index is 1.53. The molecule has 6 rings (SSSR count). The maximum atomic E-state index is 13.6. The molecule has 8 heteroatoms. The summed E-state index contributed by atoms with van der Waals surface area (Å²) in [5.41, 5.74) is 2.66. The smallest absolute Gasteiger partial charge is 0.305 e. The Morgan fingerprint density at radius 2 is 1.74 bits per heavy atom. The van der Waals surface area contributed by atoms with Gasteiger partial charge in [-0.2, -0.15) is 0 Å². The van der Waals surface area contributed by atoms with Gasteiger partial charge in [0.1, 0.15) is 5.75 Å². The number of aliphatic carboxylic acids is 1. The molecule has 1 fully saturated rings. The van der Waals surface area contributed by atoms with Crippen molar-refractivity contribution in [2.75, 3.05) is 6.54 Å². The van der Waals surface area contributed by atoms with Crippen LogP contribution in [0.5, 0.6) is 5.75 Å². The van der Waals surface area contributed by atoms with Crippen LogP contribution in [0.25, 0.3) is 10.8 Å². The van der Waals surface area contributed by atoms with Gasteiger partial charge in [-0.05, 0) is 48.8 Å². The first-order chi connectivity index (χ1) is 18.2. The number of aromatic hydroxyl groups is 1. The van der Waals surface area contributed by atoms with Gasteiger partial charge in [-0.15, -0.1) is 0 Å². The molecule has 0 aromatic heterocycles. The normalized spacial score (nSPS) is 26.7. The first-order valence-corrected chi connectivity index (χ1v) is 12.7. The van der Waals surface area contributed by atoms with Crippen LogP contribution in [0, 0.1) is 17.8 Å². The summed E-state index contributed by atoms with van der Waals surface area (Å²) in [6.45, 7) is 1.42. The Bertz CT molecular complexity index is 1580. The second kappa shape index (κ2) is 8.62. The van der Waals surface area contributed by atoms with Crippen LogP contribution in [0.2, 0.25) is 0 Å². The van der Waals surface area contributed by atoms with Crippen molar-refractivity contribution in [3.05, 3.63) is 76.4 Å². The predicted molar refractivity (Wildman–Crippen MR) is 136 cm³/mol. The van der Waals surface area contributed by atoms with E-state index in [1.165, 1.54) is 6.08 Å². The number of likely N-dealkylation sites (tertiary alicyclic amines) is 1. The van der Waals surface area contributed by atoms with E-state index in [1.54, 1.807) is 31.2 Å². The Morgan fingerprint density at radius 3 is 2.47 bits per heavy atom. The van der Waals surface area contributed by atoms with Crippen molar-refractivity contribution in [2.45, 2.75) is 32.1 Å². The standard InChI is InChI=1S/C30H25NO7/c1-14-12-23(33)21-13-20-18(6-7-19-26(20)30(38)31(29(19)37)11-10-24(34)35)25(27(21)28(14)36)17-8-9-22(32)16-5-3-2-4-15(16)17/h2-6,8-9,12,19-20,25-26,32H,7,10-11,13H2,1H3,(H,34,35)/t19-,20+,25-,26-/m0/s1. The number of allylic oxidation sites excluding steroid dienone is 6. The van der Waals surface area contributed by atoms with Crippen molar-refractivity contribution in [2.24, 2.45) is 17.8 Å². The van der Waals surface area contributed by atoms with Gasteiger partial charge in [0, 0.05) is 34.6 Å². The van der Waals surface area contributed by atoms with Gasteiger partial charge in [-0.1, -0.05) is 42.0 Å². The number of carboxylic acids is 1. The molecule has 4 aliphatic rings. The number of rotatable bonds is 4. The van der Waals surface area contributed by atoms with Gasteiger partial charge in [0.25, 0.3) is 0 Å². The van der Waals surface area contributed by atoms with Crippen LogP contribution in [0.4, 0.5) is 0 Å². The summed E-state index contributed by atoms with van der Waals surface area (Å²) in [5.74, 6) is -4.77. The van der Waals surface area contributed by atoms with Crippen LogP contribution in [0.3, 0.4) is 0 Å². The molecule has 192 valence electrons. The van der Waals surface area contributed by atoms with E-state index in [0.717, 1.165) is 21.4 Å². The van der Waals surface area contributed by atoms with Crippen molar-refractivity contribution < 1.29 is 34.2 Å². The Labute approximate surface area is 217 Å². The highest BCUT2D eigenvalue weighted by molar-refractivity contribution is 6.24. The number of carboxylic acid groups (broad SMARTS) is 1. The number of nitrogens with zero attached hydrogens (tertiary/aromatic N) is 1. The zero-order chi connectivity index (χ0) is 26.9. The molecule has 1 saturated heterocycles. The average Bonchev–Trinajstić information content (AvgIpc) is 3.14. The largest absolute Gasteiger partial charge is 0.507 e. The van der Waals surface area contributed by atoms with E-state index >= 15 is 0 Å². The molecule has 2 amide bonds. The van der Waals surface area contributed by atoms with E-state index in [2.05, 4.69) is 0 Å². The van der Waals surface area contributed by atoms with Gasteiger partial charge in [-0.25, -0.2) is 0 Å². The fraction of sp³-hybridized carbons (Fsp3) is 0.300. The molecule has 8 nitrogen and oxygen atoms in total. The lowest BCUT2D eigenvalue weighted by molar-refractivity contribution is -0.142. The molecule has 2 N–H and O–H groups in total. The number of phenols is 1. The summed E-state index contributed by atoms with van der Waals surface area (Å²) in [6, 6.07) is 10.6. The third-order valence-electron chi connectivity index (χ3n) is 8.45. The Kier molecular flexibility index (Phi) is 5.45. The number of hydrogen-bond acceptors (Lipinski definition) is 6. The molecule has 0 unspecified atom stereocenters. The molecular weight excluding hydrogens is 486 g/mol. The van der Waals surface area contributed by atoms with Gasteiger partial charge >= 0.3 is 5.97 Å². The molecule has 0 spiro atoms. The number of imide groups is 1. The van der Waals surface area contributed by atoms with Crippen molar-refractivity contribution in [3.63, 3.8) is 0 Å². The molecular formula is C30H25NO7. The number of carbonyl (C=O) groups is 5. The quantitative estimate of drug-likeness (QED) is 0.365. The molecule has 2 aromatic rings. The molecule has 0 saturated carbocycles. The molecule has 4 atom stereocenters. The highest BCUT2D eigenvalue weighted by atomic mass is 16.4. The second-order valence-electron chi connectivity index (χ2n) is 10.4. The van der Waals surface area contributed by atoms with E-state index in [-0.39, 0.29) is 49.0 Å².